The summed E-state index contributed by atoms with van der Waals surface area (Å²) in [4.78, 5) is 12.8. The molecule has 0 bridgehead atoms. The summed E-state index contributed by atoms with van der Waals surface area (Å²) >= 11 is 0. The van der Waals surface area contributed by atoms with Crippen LogP contribution in [0.15, 0.2) is 42.5 Å². The minimum Gasteiger partial charge on any atom is -0.491 e. The van der Waals surface area contributed by atoms with Gasteiger partial charge in [-0.3, -0.25) is 9.10 Å². The number of rotatable bonds is 8. The van der Waals surface area contributed by atoms with Crippen molar-refractivity contribution in [3.05, 3.63) is 48.0 Å². The van der Waals surface area contributed by atoms with Crippen LogP contribution in [0.5, 0.6) is 17.2 Å². The summed E-state index contributed by atoms with van der Waals surface area (Å²) in [6, 6.07) is 11.3. The minimum absolute atomic E-state index is 0.0409. The fourth-order valence-electron chi connectivity index (χ4n) is 3.32. The van der Waals surface area contributed by atoms with Crippen molar-refractivity contribution in [1.29, 1.82) is 0 Å². The number of hydrogen-bond acceptors (Lipinski definition) is 6. The molecule has 3 rings (SSSR count). The number of carbonyl (C=O) groups is 1. The zero-order valence-corrected chi connectivity index (χ0v) is 18.9. The molecule has 0 fully saturated rings. The van der Waals surface area contributed by atoms with Crippen molar-refractivity contribution >= 4 is 21.6 Å². The molecule has 2 aromatic rings. The molecule has 1 heterocycles. The number of nitrogens with one attached hydrogen (secondary N) is 1. The number of hydrogen-bond donors (Lipinski definition) is 1. The van der Waals surface area contributed by atoms with Crippen LogP contribution in [0.3, 0.4) is 0 Å². The smallest absolute Gasteiger partial charge is 0.243 e. The second-order valence-corrected chi connectivity index (χ2v) is 9.45. The molecule has 1 aliphatic rings. The van der Waals surface area contributed by atoms with Gasteiger partial charge in [-0.05, 0) is 50.6 Å². The molecule has 1 amide bonds. The molecule has 1 N–H and O–H groups in total. The van der Waals surface area contributed by atoms with Gasteiger partial charge in [0.1, 0.15) is 25.0 Å². The van der Waals surface area contributed by atoms with E-state index in [0.717, 1.165) is 16.1 Å². The molecule has 0 saturated carbocycles. The normalized spacial score (nSPS) is 14.1. The van der Waals surface area contributed by atoms with Gasteiger partial charge in [0, 0.05) is 12.6 Å². The Morgan fingerprint density at radius 3 is 2.48 bits per heavy atom. The minimum atomic E-state index is -3.74. The van der Waals surface area contributed by atoms with Crippen molar-refractivity contribution in [2.75, 3.05) is 23.8 Å². The second kappa shape index (κ2) is 9.47. The largest absolute Gasteiger partial charge is 0.491 e. The standard InChI is InChI=1S/C22H28N2O6S/c1-15(2)30-19-7-5-6-17(12-19)14-23-22(25)16(3)24(31(4,26)27)18-8-9-20-21(13-18)29-11-10-28-20/h5-9,12-13,15-16H,10-11,14H2,1-4H3,(H,23,25)/t16-/m1/s1. The SMILES string of the molecule is CC(C)Oc1cccc(CNC(=O)[C@@H](C)N(c2ccc3c(c2)OCCO3)S(C)(=O)=O)c1. The van der Waals surface area contributed by atoms with E-state index in [1.165, 1.54) is 0 Å². The molecule has 168 valence electrons. The predicted molar refractivity (Wildman–Crippen MR) is 118 cm³/mol. The van der Waals surface area contributed by atoms with Crippen LogP contribution in [0.4, 0.5) is 5.69 Å². The summed E-state index contributed by atoms with van der Waals surface area (Å²) in [5.41, 5.74) is 1.19. The average Bonchev–Trinajstić information content (AvgIpc) is 2.70. The van der Waals surface area contributed by atoms with Gasteiger partial charge in [0.05, 0.1) is 18.0 Å². The van der Waals surface area contributed by atoms with Crippen molar-refractivity contribution in [1.82, 2.24) is 5.32 Å². The maximum absolute atomic E-state index is 12.8. The van der Waals surface area contributed by atoms with E-state index in [1.807, 2.05) is 38.1 Å². The van der Waals surface area contributed by atoms with E-state index in [1.54, 1.807) is 25.1 Å². The van der Waals surface area contributed by atoms with E-state index in [4.69, 9.17) is 14.2 Å². The fraction of sp³-hybridized carbons (Fsp3) is 0.409. The van der Waals surface area contributed by atoms with Crippen LogP contribution in [0.1, 0.15) is 26.3 Å². The van der Waals surface area contributed by atoms with Gasteiger partial charge in [-0.2, -0.15) is 0 Å². The Labute approximate surface area is 183 Å². The topological polar surface area (TPSA) is 94.2 Å². The number of benzene rings is 2. The monoisotopic (exact) mass is 448 g/mol. The highest BCUT2D eigenvalue weighted by atomic mass is 32.2. The third-order valence-corrected chi connectivity index (χ3v) is 5.85. The molecule has 0 unspecified atom stereocenters. The van der Waals surface area contributed by atoms with Gasteiger partial charge < -0.3 is 19.5 Å². The van der Waals surface area contributed by atoms with Gasteiger partial charge >= 0.3 is 0 Å². The van der Waals surface area contributed by atoms with Gasteiger partial charge in [0.2, 0.25) is 15.9 Å². The highest BCUT2D eigenvalue weighted by molar-refractivity contribution is 7.92. The molecule has 31 heavy (non-hydrogen) atoms. The highest BCUT2D eigenvalue weighted by Gasteiger charge is 2.30. The van der Waals surface area contributed by atoms with Crippen molar-refractivity contribution in [3.8, 4) is 17.2 Å². The summed E-state index contributed by atoms with van der Waals surface area (Å²) in [5.74, 6) is 1.29. The number of carbonyl (C=O) groups excluding carboxylic acids is 1. The summed E-state index contributed by atoms with van der Waals surface area (Å²) < 4.78 is 42.8. The number of nitrogens with zero attached hydrogens (tertiary/aromatic N) is 1. The van der Waals surface area contributed by atoms with E-state index in [0.29, 0.717) is 36.1 Å². The van der Waals surface area contributed by atoms with Crippen LogP contribution in [0, 0.1) is 0 Å². The molecule has 2 aromatic carbocycles. The number of amides is 1. The van der Waals surface area contributed by atoms with E-state index >= 15 is 0 Å². The maximum Gasteiger partial charge on any atom is 0.243 e. The van der Waals surface area contributed by atoms with Crippen LogP contribution >= 0.6 is 0 Å². The first-order valence-corrected chi connectivity index (χ1v) is 11.9. The van der Waals surface area contributed by atoms with Crippen LogP contribution < -0.4 is 23.8 Å². The lowest BCUT2D eigenvalue weighted by Crippen LogP contribution is -2.47. The number of sulfonamides is 1. The molecule has 0 spiro atoms. The van der Waals surface area contributed by atoms with Crippen molar-refractivity contribution in [2.45, 2.75) is 39.5 Å². The maximum atomic E-state index is 12.8. The lowest BCUT2D eigenvalue weighted by Gasteiger charge is -2.29. The van der Waals surface area contributed by atoms with Crippen molar-refractivity contribution in [2.24, 2.45) is 0 Å². The van der Waals surface area contributed by atoms with Crippen LogP contribution in [-0.4, -0.2) is 45.9 Å². The zero-order chi connectivity index (χ0) is 22.6. The van der Waals surface area contributed by atoms with Crippen LogP contribution in [0.2, 0.25) is 0 Å². The van der Waals surface area contributed by atoms with E-state index in [9.17, 15) is 13.2 Å². The van der Waals surface area contributed by atoms with Crippen molar-refractivity contribution in [3.63, 3.8) is 0 Å². The van der Waals surface area contributed by atoms with Crippen LogP contribution in [0.25, 0.3) is 0 Å². The first kappa shape index (κ1) is 22.7. The van der Waals surface area contributed by atoms with Gasteiger partial charge in [0.15, 0.2) is 11.5 Å². The predicted octanol–water partition coefficient (Wildman–Crippen LogP) is 2.72. The Morgan fingerprint density at radius 2 is 1.81 bits per heavy atom. The Hall–Kier alpha value is -2.94. The highest BCUT2D eigenvalue weighted by Crippen LogP contribution is 2.35. The van der Waals surface area contributed by atoms with Crippen LogP contribution in [-0.2, 0) is 21.4 Å². The van der Waals surface area contributed by atoms with Gasteiger partial charge in [0.25, 0.3) is 0 Å². The average molecular weight is 449 g/mol. The lowest BCUT2D eigenvalue weighted by atomic mass is 10.2. The van der Waals surface area contributed by atoms with Gasteiger partial charge in [-0.25, -0.2) is 8.42 Å². The Balaban J connectivity index is 1.75. The molecule has 1 aliphatic heterocycles. The number of fused-ring (bicyclic) bond motifs is 1. The lowest BCUT2D eigenvalue weighted by molar-refractivity contribution is -0.122. The molecular formula is C22H28N2O6S. The van der Waals surface area contributed by atoms with E-state index in [2.05, 4.69) is 5.32 Å². The molecular weight excluding hydrogens is 420 g/mol. The zero-order valence-electron chi connectivity index (χ0n) is 18.1. The third kappa shape index (κ3) is 5.81. The summed E-state index contributed by atoms with van der Waals surface area (Å²) in [6.07, 6.45) is 1.11. The Bertz CT molecular complexity index is 1040. The summed E-state index contributed by atoms with van der Waals surface area (Å²) in [5, 5.41) is 2.81. The van der Waals surface area contributed by atoms with E-state index in [-0.39, 0.29) is 12.6 Å². The van der Waals surface area contributed by atoms with E-state index < -0.39 is 22.0 Å². The molecule has 0 radical (unpaired) electrons. The molecule has 1 atom stereocenters. The summed E-state index contributed by atoms with van der Waals surface area (Å²) in [7, 11) is -3.74. The molecule has 0 aliphatic carbocycles. The summed E-state index contributed by atoms with van der Waals surface area (Å²) in [6.45, 7) is 6.49. The molecule has 0 saturated heterocycles. The van der Waals surface area contributed by atoms with Gasteiger partial charge in [-0.15, -0.1) is 0 Å². The third-order valence-electron chi connectivity index (χ3n) is 4.61. The molecule has 8 nitrogen and oxygen atoms in total. The first-order valence-electron chi connectivity index (χ1n) is 10.1. The molecule has 9 heteroatoms. The van der Waals surface area contributed by atoms with Gasteiger partial charge in [-0.1, -0.05) is 12.1 Å². The quantitative estimate of drug-likeness (QED) is 0.667. The second-order valence-electron chi connectivity index (χ2n) is 7.59. The molecule has 0 aromatic heterocycles. The number of anilines is 1. The Morgan fingerprint density at radius 1 is 1.10 bits per heavy atom. The van der Waals surface area contributed by atoms with Crippen molar-refractivity contribution < 1.29 is 27.4 Å². The fourth-order valence-corrected chi connectivity index (χ4v) is 4.48. The first-order chi connectivity index (χ1) is 14.6. The Kier molecular flexibility index (Phi) is 6.94. The number of ether oxygens (including phenoxy) is 3.